The van der Waals surface area contributed by atoms with Crippen LogP contribution in [-0.4, -0.2) is 17.9 Å². The van der Waals surface area contributed by atoms with Crippen molar-refractivity contribution in [3.63, 3.8) is 0 Å². The lowest BCUT2D eigenvalue weighted by molar-refractivity contribution is 0.0785. The molecule has 6 rings (SSSR count). The monoisotopic (exact) mass is 444 g/mol. The number of hydrogen-bond acceptors (Lipinski definition) is 2. The molecule has 3 nitrogen and oxygen atoms in total. The Kier molecular flexibility index (Phi) is 5.18. The largest absolute Gasteiger partial charge is 0.377 e. The van der Waals surface area contributed by atoms with Crippen LogP contribution in [0.1, 0.15) is 45.4 Å². The highest BCUT2D eigenvalue weighted by atomic mass is 16.2. The van der Waals surface area contributed by atoms with Crippen LogP contribution in [0.3, 0.4) is 0 Å². The molecule has 0 aromatic heterocycles. The number of para-hydroxylation sites is 1. The number of nitrogens with zero attached hydrogens (tertiary/aromatic N) is 1. The molecule has 0 saturated carbocycles. The second-order valence-corrected chi connectivity index (χ2v) is 9.46. The first-order valence-electron chi connectivity index (χ1n) is 12.0. The Morgan fingerprint density at radius 1 is 0.882 bits per heavy atom. The third-order valence-corrected chi connectivity index (χ3v) is 7.39. The second-order valence-electron chi connectivity index (χ2n) is 9.46. The fourth-order valence-corrected chi connectivity index (χ4v) is 5.76. The molecule has 0 spiro atoms. The molecule has 34 heavy (non-hydrogen) atoms. The van der Waals surface area contributed by atoms with Crippen molar-refractivity contribution < 1.29 is 4.79 Å². The van der Waals surface area contributed by atoms with Gasteiger partial charge in [-0.2, -0.15) is 0 Å². The Morgan fingerprint density at radius 2 is 1.62 bits per heavy atom. The van der Waals surface area contributed by atoms with E-state index in [1.165, 1.54) is 21.9 Å². The molecule has 1 amide bonds. The second kappa shape index (κ2) is 8.49. The van der Waals surface area contributed by atoms with Gasteiger partial charge in [-0.3, -0.25) is 4.79 Å². The fourth-order valence-electron chi connectivity index (χ4n) is 5.76. The van der Waals surface area contributed by atoms with E-state index in [0.29, 0.717) is 18.4 Å². The summed E-state index contributed by atoms with van der Waals surface area (Å²) in [5.41, 5.74) is 5.40. The van der Waals surface area contributed by atoms with Gasteiger partial charge < -0.3 is 10.2 Å². The molecule has 0 radical (unpaired) electrons. The van der Waals surface area contributed by atoms with Crippen LogP contribution < -0.4 is 5.32 Å². The van der Waals surface area contributed by atoms with Gasteiger partial charge in [-0.15, -0.1) is 0 Å². The van der Waals surface area contributed by atoms with Gasteiger partial charge in [0.15, 0.2) is 0 Å². The Hall–Kier alpha value is -3.85. The number of benzene rings is 4. The molecule has 3 unspecified atom stereocenters. The summed E-state index contributed by atoms with van der Waals surface area (Å²) in [5, 5.41) is 6.39. The number of allylic oxidation sites excluding steroid dienone is 2. The van der Waals surface area contributed by atoms with Crippen molar-refractivity contribution in [3.8, 4) is 0 Å². The molecule has 168 valence electrons. The van der Waals surface area contributed by atoms with E-state index < -0.39 is 0 Å². The zero-order valence-corrected chi connectivity index (χ0v) is 19.3. The van der Waals surface area contributed by atoms with Gasteiger partial charge in [0.05, 0.1) is 17.3 Å². The molecule has 0 bridgehead atoms. The van der Waals surface area contributed by atoms with Crippen molar-refractivity contribution in [2.24, 2.45) is 5.92 Å². The van der Waals surface area contributed by atoms with Crippen molar-refractivity contribution in [2.45, 2.75) is 24.9 Å². The summed E-state index contributed by atoms with van der Waals surface area (Å²) >= 11 is 0. The minimum Gasteiger partial charge on any atom is -0.377 e. The number of fused-ring (bicyclic) bond motifs is 4. The highest BCUT2D eigenvalue weighted by molar-refractivity contribution is 6.01. The van der Waals surface area contributed by atoms with Crippen molar-refractivity contribution in [1.29, 1.82) is 0 Å². The van der Waals surface area contributed by atoms with E-state index in [1.54, 1.807) is 0 Å². The molecule has 0 fully saturated rings. The van der Waals surface area contributed by atoms with Gasteiger partial charge in [0.25, 0.3) is 5.91 Å². The lowest BCUT2D eigenvalue weighted by Gasteiger charge is -2.39. The van der Waals surface area contributed by atoms with Crippen LogP contribution in [0.2, 0.25) is 0 Å². The molecule has 4 aromatic carbocycles. The maximum absolute atomic E-state index is 13.6. The number of carbonyl (C=O) groups is 1. The fraction of sp³-hybridized carbons (Fsp3) is 0.194. The van der Waals surface area contributed by atoms with E-state index in [2.05, 4.69) is 78.1 Å². The van der Waals surface area contributed by atoms with E-state index in [-0.39, 0.29) is 11.9 Å². The van der Waals surface area contributed by atoms with Crippen LogP contribution in [0.5, 0.6) is 0 Å². The summed E-state index contributed by atoms with van der Waals surface area (Å²) in [4.78, 5) is 15.5. The van der Waals surface area contributed by atoms with Crippen molar-refractivity contribution >= 4 is 22.4 Å². The molecule has 3 heteroatoms. The minimum atomic E-state index is 0.0466. The van der Waals surface area contributed by atoms with Crippen LogP contribution in [0.25, 0.3) is 10.8 Å². The zero-order chi connectivity index (χ0) is 23.1. The van der Waals surface area contributed by atoms with Gasteiger partial charge in [0.2, 0.25) is 0 Å². The first kappa shape index (κ1) is 20.7. The zero-order valence-electron chi connectivity index (χ0n) is 19.3. The standard InChI is InChI=1S/C31H28N2O/c1-33(20-21-10-3-2-4-11-21)31(34)28-19-9-18-27-24-15-8-17-26(24)29(32-30(27)28)25-16-7-13-22-12-5-6-14-23(22)25/h2-16,18-19,24,26,29,32H,17,20H2,1H3. The number of carbonyl (C=O) groups excluding carboxylic acids is 1. The maximum atomic E-state index is 13.6. The van der Waals surface area contributed by atoms with Gasteiger partial charge in [-0.05, 0) is 45.9 Å². The molecule has 2 aliphatic rings. The van der Waals surface area contributed by atoms with E-state index in [9.17, 15) is 4.79 Å². The van der Waals surface area contributed by atoms with Crippen LogP contribution in [0.15, 0.2) is 103 Å². The van der Waals surface area contributed by atoms with Crippen molar-refractivity contribution in [1.82, 2.24) is 4.90 Å². The van der Waals surface area contributed by atoms with Crippen LogP contribution in [-0.2, 0) is 6.54 Å². The Bertz CT molecular complexity index is 1390. The molecular formula is C31H28N2O. The quantitative estimate of drug-likeness (QED) is 0.346. The van der Waals surface area contributed by atoms with Gasteiger partial charge in [-0.25, -0.2) is 0 Å². The average molecular weight is 445 g/mol. The molecule has 1 heterocycles. The summed E-state index contributed by atoms with van der Waals surface area (Å²) in [5.74, 6) is 0.795. The first-order chi connectivity index (χ1) is 16.7. The van der Waals surface area contributed by atoms with E-state index in [4.69, 9.17) is 0 Å². The van der Waals surface area contributed by atoms with Crippen molar-refractivity contribution in [2.75, 3.05) is 12.4 Å². The topological polar surface area (TPSA) is 32.3 Å². The lowest BCUT2D eigenvalue weighted by atomic mass is 9.75. The van der Waals surface area contributed by atoms with Crippen molar-refractivity contribution in [3.05, 3.63) is 125 Å². The summed E-state index contributed by atoms with van der Waals surface area (Å²) in [6.07, 6.45) is 5.68. The van der Waals surface area contributed by atoms with Crippen LogP contribution in [0.4, 0.5) is 5.69 Å². The molecule has 1 aliphatic heterocycles. The summed E-state index contributed by atoms with van der Waals surface area (Å²) in [6, 6.07) is 31.6. The molecule has 1 aliphatic carbocycles. The van der Waals surface area contributed by atoms with Crippen LogP contribution >= 0.6 is 0 Å². The summed E-state index contributed by atoms with van der Waals surface area (Å²) in [7, 11) is 1.89. The first-order valence-corrected chi connectivity index (χ1v) is 12.0. The highest BCUT2D eigenvalue weighted by Crippen LogP contribution is 2.51. The summed E-state index contributed by atoms with van der Waals surface area (Å²) < 4.78 is 0. The Morgan fingerprint density at radius 3 is 2.50 bits per heavy atom. The minimum absolute atomic E-state index is 0.0466. The molecule has 4 aromatic rings. The number of hydrogen-bond donors (Lipinski definition) is 1. The highest BCUT2D eigenvalue weighted by Gasteiger charge is 2.40. The smallest absolute Gasteiger partial charge is 0.256 e. The van der Waals surface area contributed by atoms with E-state index >= 15 is 0 Å². The maximum Gasteiger partial charge on any atom is 0.256 e. The SMILES string of the molecule is CN(Cc1ccccc1)C(=O)c1cccc2c1NC(c1cccc3ccccc13)C1CC=CC21. The van der Waals surface area contributed by atoms with Gasteiger partial charge in [0.1, 0.15) is 0 Å². The third kappa shape index (κ3) is 3.49. The Labute approximate surface area is 200 Å². The summed E-state index contributed by atoms with van der Waals surface area (Å²) in [6.45, 7) is 0.585. The van der Waals surface area contributed by atoms with E-state index in [0.717, 1.165) is 23.2 Å². The van der Waals surface area contributed by atoms with Gasteiger partial charge >= 0.3 is 0 Å². The number of amides is 1. The predicted molar refractivity (Wildman–Crippen MR) is 139 cm³/mol. The number of anilines is 1. The third-order valence-electron chi connectivity index (χ3n) is 7.39. The normalized spacial score (nSPS) is 20.4. The predicted octanol–water partition coefficient (Wildman–Crippen LogP) is 6.94. The van der Waals surface area contributed by atoms with Crippen LogP contribution in [0, 0.1) is 5.92 Å². The van der Waals surface area contributed by atoms with Gasteiger partial charge in [-0.1, -0.05) is 97.1 Å². The molecule has 0 saturated heterocycles. The number of nitrogens with one attached hydrogen (secondary N) is 1. The lowest BCUT2D eigenvalue weighted by Crippen LogP contribution is -2.32. The number of rotatable bonds is 4. The molecule has 3 atom stereocenters. The van der Waals surface area contributed by atoms with E-state index in [1.807, 2.05) is 42.3 Å². The average Bonchev–Trinajstić information content (AvgIpc) is 3.38. The molecular weight excluding hydrogens is 416 g/mol. The molecule has 1 N–H and O–H groups in total. The van der Waals surface area contributed by atoms with Gasteiger partial charge in [0, 0.05) is 19.5 Å². The Balaban J connectivity index is 1.40.